The van der Waals surface area contributed by atoms with Crippen molar-refractivity contribution < 1.29 is 19.4 Å². The van der Waals surface area contributed by atoms with Gasteiger partial charge in [-0.25, -0.2) is 14.8 Å². The van der Waals surface area contributed by atoms with Crippen molar-refractivity contribution in [1.82, 2.24) is 30.0 Å². The molecular formula is C22H25BrClN7O4S. The number of carboxylic acid groups (broad SMARTS) is 1. The molecule has 1 amide bonds. The summed E-state index contributed by atoms with van der Waals surface area (Å²) in [6, 6.07) is -0.244. The minimum Gasteiger partial charge on any atom is -0.477 e. The number of carbonyl (C=O) groups excluding carboxylic acids is 1. The molecule has 192 valence electrons. The van der Waals surface area contributed by atoms with Crippen molar-refractivity contribution in [2.24, 2.45) is 5.92 Å². The number of rotatable bonds is 8. The molecule has 2 aliphatic rings. The lowest BCUT2D eigenvalue weighted by molar-refractivity contribution is 0.0540. The van der Waals surface area contributed by atoms with Crippen molar-refractivity contribution in [1.29, 1.82) is 0 Å². The Hall–Kier alpha value is -2.48. The Balaban J connectivity index is 1.31. The van der Waals surface area contributed by atoms with Crippen LogP contribution in [-0.4, -0.2) is 74.1 Å². The van der Waals surface area contributed by atoms with Crippen molar-refractivity contribution in [3.63, 3.8) is 0 Å². The third-order valence-corrected chi connectivity index (χ3v) is 9.03. The van der Waals surface area contributed by atoms with Gasteiger partial charge in [0.15, 0.2) is 5.13 Å². The highest BCUT2D eigenvalue weighted by Crippen LogP contribution is 2.35. The molecule has 2 fully saturated rings. The number of amides is 1. The highest BCUT2D eigenvalue weighted by molar-refractivity contribution is 9.10. The maximum absolute atomic E-state index is 12.9. The van der Waals surface area contributed by atoms with Crippen LogP contribution in [0.4, 0.5) is 5.13 Å². The molecule has 1 saturated carbocycles. The number of aryl methyl sites for hydroxylation is 1. The first-order chi connectivity index (χ1) is 17.2. The summed E-state index contributed by atoms with van der Waals surface area (Å²) in [4.78, 5) is 38.8. The number of nitrogens with zero attached hydrogens (tertiary/aromatic N) is 5. The van der Waals surface area contributed by atoms with Gasteiger partial charge in [-0.05, 0) is 48.0 Å². The average molecular weight is 599 g/mol. The molecule has 3 aromatic rings. The van der Waals surface area contributed by atoms with Crippen LogP contribution in [0.15, 0.2) is 10.8 Å². The molecule has 36 heavy (non-hydrogen) atoms. The first kappa shape index (κ1) is 25.2. The molecule has 4 heterocycles. The van der Waals surface area contributed by atoms with Crippen LogP contribution in [0.5, 0.6) is 0 Å². The van der Waals surface area contributed by atoms with Crippen LogP contribution >= 0.6 is 38.9 Å². The molecule has 14 heteroatoms. The number of hydrogen-bond donors (Lipinski definition) is 3. The second-order valence-electron chi connectivity index (χ2n) is 9.05. The average Bonchev–Trinajstić information content (AvgIpc) is 3.25. The molecule has 11 nitrogen and oxygen atoms in total. The molecule has 1 aliphatic heterocycles. The number of H-pyrrole nitrogens is 1. The van der Waals surface area contributed by atoms with Gasteiger partial charge in [0, 0.05) is 32.4 Å². The summed E-state index contributed by atoms with van der Waals surface area (Å²) >= 11 is 10.6. The van der Waals surface area contributed by atoms with Crippen molar-refractivity contribution in [3.8, 4) is 11.5 Å². The number of thiazole rings is 1. The zero-order valence-corrected chi connectivity index (χ0v) is 22.8. The fraction of sp³-hybridized carbons (Fsp3) is 0.500. The number of hydrogen-bond acceptors (Lipinski definition) is 8. The van der Waals surface area contributed by atoms with Gasteiger partial charge >= 0.3 is 5.97 Å². The molecule has 0 unspecified atom stereocenters. The first-order valence-corrected chi connectivity index (χ1v) is 13.5. The van der Waals surface area contributed by atoms with Gasteiger partial charge in [0.25, 0.3) is 5.91 Å². The number of ether oxygens (including phenoxy) is 1. The number of aromatic nitrogens is 5. The number of aromatic amines is 1. The van der Waals surface area contributed by atoms with E-state index in [1.165, 1.54) is 12.8 Å². The van der Waals surface area contributed by atoms with E-state index in [0.29, 0.717) is 57.3 Å². The van der Waals surface area contributed by atoms with Gasteiger partial charge in [0.1, 0.15) is 22.6 Å². The first-order valence-electron chi connectivity index (χ1n) is 11.5. The van der Waals surface area contributed by atoms with Crippen molar-refractivity contribution >= 4 is 55.9 Å². The largest absolute Gasteiger partial charge is 0.477 e. The fourth-order valence-corrected chi connectivity index (χ4v) is 5.91. The van der Waals surface area contributed by atoms with Crippen LogP contribution in [0.25, 0.3) is 11.5 Å². The van der Waals surface area contributed by atoms with Gasteiger partial charge in [0.2, 0.25) is 5.82 Å². The zero-order chi connectivity index (χ0) is 25.6. The van der Waals surface area contributed by atoms with E-state index in [1.54, 1.807) is 25.0 Å². The van der Waals surface area contributed by atoms with Gasteiger partial charge in [-0.2, -0.15) is 0 Å². The van der Waals surface area contributed by atoms with Crippen LogP contribution in [0.3, 0.4) is 0 Å². The van der Waals surface area contributed by atoms with Crippen molar-refractivity contribution in [2.45, 2.75) is 44.9 Å². The lowest BCUT2D eigenvalue weighted by atomic mass is 10.0. The molecule has 0 radical (unpaired) electrons. The second-order valence-corrected chi connectivity index (χ2v) is 11.2. The Labute approximate surface area is 224 Å². The summed E-state index contributed by atoms with van der Waals surface area (Å²) in [6.45, 7) is 3.57. The summed E-state index contributed by atoms with van der Waals surface area (Å²) in [7, 11) is 1.59. The molecular weight excluding hydrogens is 574 g/mol. The summed E-state index contributed by atoms with van der Waals surface area (Å²) < 4.78 is 7.97. The Morgan fingerprint density at radius 3 is 2.81 bits per heavy atom. The Morgan fingerprint density at radius 1 is 1.39 bits per heavy atom. The predicted molar refractivity (Wildman–Crippen MR) is 138 cm³/mol. The van der Waals surface area contributed by atoms with E-state index in [-0.39, 0.29) is 28.6 Å². The smallest absolute Gasteiger partial charge is 0.348 e. The topological polar surface area (TPSA) is 138 Å². The third kappa shape index (κ3) is 5.01. The SMILES string of the molecule is CO[C@H]1CN(c2nc(-c3ncn(CC4CC4)n3)c(C(=O)O)s2)CC[C@H]1NC(=O)c1[nH]c(C)c(Cl)c1Br. The number of anilines is 1. The summed E-state index contributed by atoms with van der Waals surface area (Å²) in [5.41, 5.74) is 1.33. The number of halogens is 2. The summed E-state index contributed by atoms with van der Waals surface area (Å²) in [5.74, 6) is -0.416. The molecule has 1 aliphatic carbocycles. The van der Waals surface area contributed by atoms with Crippen LogP contribution in [0.2, 0.25) is 5.02 Å². The fourth-order valence-electron chi connectivity index (χ4n) is 4.26. The minimum absolute atomic E-state index is 0.0995. The Morgan fingerprint density at radius 2 is 2.17 bits per heavy atom. The monoisotopic (exact) mass is 597 g/mol. The third-order valence-electron chi connectivity index (χ3n) is 6.43. The zero-order valence-electron chi connectivity index (χ0n) is 19.6. The number of nitrogens with one attached hydrogen (secondary N) is 2. The summed E-state index contributed by atoms with van der Waals surface area (Å²) in [5, 5.41) is 18.3. The van der Waals surface area contributed by atoms with Gasteiger partial charge in [-0.15, -0.1) is 5.10 Å². The molecule has 3 N–H and O–H groups in total. The quantitative estimate of drug-likeness (QED) is 0.358. The highest BCUT2D eigenvalue weighted by Gasteiger charge is 2.34. The van der Waals surface area contributed by atoms with Crippen molar-refractivity contribution in [3.05, 3.63) is 32.1 Å². The van der Waals surface area contributed by atoms with E-state index >= 15 is 0 Å². The Kier molecular flexibility index (Phi) is 7.07. The molecule has 5 rings (SSSR count). The van der Waals surface area contributed by atoms with Gasteiger partial charge in [-0.1, -0.05) is 22.9 Å². The van der Waals surface area contributed by atoms with Crippen LogP contribution < -0.4 is 10.2 Å². The van der Waals surface area contributed by atoms with Gasteiger partial charge in [0.05, 0.1) is 21.6 Å². The lowest BCUT2D eigenvalue weighted by Crippen LogP contribution is -2.55. The van der Waals surface area contributed by atoms with Gasteiger partial charge in [-0.3, -0.25) is 9.48 Å². The normalized spacial score (nSPS) is 20.1. The predicted octanol–water partition coefficient (Wildman–Crippen LogP) is 3.59. The Bertz CT molecular complexity index is 1300. The second kappa shape index (κ2) is 10.1. The molecule has 0 bridgehead atoms. The van der Waals surface area contributed by atoms with E-state index in [9.17, 15) is 14.7 Å². The lowest BCUT2D eigenvalue weighted by Gasteiger charge is -2.37. The molecule has 3 aromatic heterocycles. The van der Waals surface area contributed by atoms with E-state index < -0.39 is 5.97 Å². The van der Waals surface area contributed by atoms with Crippen molar-refractivity contribution in [2.75, 3.05) is 25.1 Å². The maximum atomic E-state index is 12.9. The van der Waals surface area contributed by atoms with E-state index in [2.05, 4.69) is 41.3 Å². The van der Waals surface area contributed by atoms with E-state index in [1.807, 2.05) is 4.90 Å². The maximum Gasteiger partial charge on any atom is 0.348 e. The van der Waals surface area contributed by atoms with Crippen LogP contribution in [-0.2, 0) is 11.3 Å². The highest BCUT2D eigenvalue weighted by atomic mass is 79.9. The van der Waals surface area contributed by atoms with Crippen LogP contribution in [0.1, 0.15) is 45.1 Å². The number of carboxylic acids is 1. The minimum atomic E-state index is -1.07. The summed E-state index contributed by atoms with van der Waals surface area (Å²) in [6.07, 6.45) is 4.25. The molecule has 2 atom stereocenters. The van der Waals surface area contributed by atoms with Crippen LogP contribution in [0, 0.1) is 12.8 Å². The number of methoxy groups -OCH3 is 1. The standard InChI is InChI=1S/C22H25BrClN7O4S/c1-10-15(24)14(23)16(26-10)20(32)27-12-5-6-30(8-13(12)35-2)22-28-17(18(36-22)21(33)34)19-25-9-31(29-19)7-11-3-4-11/h9,11-13,26H,3-8H2,1-2H3,(H,27,32)(H,33,34)/t12-,13+/m1/s1. The number of carbonyl (C=O) groups is 2. The van der Waals surface area contributed by atoms with E-state index in [4.69, 9.17) is 16.3 Å². The molecule has 1 saturated heterocycles. The van der Waals surface area contributed by atoms with Gasteiger partial charge < -0.3 is 25.0 Å². The molecule has 0 aromatic carbocycles. The van der Waals surface area contributed by atoms with E-state index in [0.717, 1.165) is 17.9 Å². The number of aromatic carboxylic acids is 1. The number of piperidine rings is 1. The molecule has 0 spiro atoms.